The highest BCUT2D eigenvalue weighted by Crippen LogP contribution is 2.36. The van der Waals surface area contributed by atoms with Gasteiger partial charge in [0.2, 0.25) is 0 Å². The van der Waals surface area contributed by atoms with Crippen LogP contribution in [-0.4, -0.2) is 12.9 Å². The van der Waals surface area contributed by atoms with Crippen molar-refractivity contribution in [1.82, 2.24) is 0 Å². The topological polar surface area (TPSA) is 26.3 Å². The molecule has 1 aromatic carbocycles. The van der Waals surface area contributed by atoms with E-state index in [0.717, 1.165) is 34.6 Å². The van der Waals surface area contributed by atoms with Crippen molar-refractivity contribution in [3.63, 3.8) is 0 Å². The lowest BCUT2D eigenvalue weighted by molar-refractivity contribution is 0.0973. The maximum absolute atomic E-state index is 11.8. The minimum Gasteiger partial charge on any atom is -0.497 e. The summed E-state index contributed by atoms with van der Waals surface area (Å²) in [5.74, 6) is 1.15. The van der Waals surface area contributed by atoms with Crippen molar-refractivity contribution >= 4 is 17.1 Å². The summed E-state index contributed by atoms with van der Waals surface area (Å²) in [7, 11) is 1.67. The Bertz CT molecular complexity index is 598. The lowest BCUT2D eigenvalue weighted by Crippen LogP contribution is -2.06. The number of aryl methyl sites for hydroxylation is 1. The number of rotatable bonds is 2. The van der Waals surface area contributed by atoms with Gasteiger partial charge in [-0.1, -0.05) is 12.1 Å². The number of carbonyl (C=O) groups excluding carboxylic acids is 1. The van der Waals surface area contributed by atoms with Gasteiger partial charge in [-0.2, -0.15) is 0 Å². The van der Waals surface area contributed by atoms with Gasteiger partial charge in [0.15, 0.2) is 5.78 Å². The first kappa shape index (κ1) is 11.5. The monoisotopic (exact) mass is 258 g/mol. The van der Waals surface area contributed by atoms with Crippen molar-refractivity contribution in [3.8, 4) is 16.2 Å². The molecule has 1 aliphatic carbocycles. The Morgan fingerprint density at radius 3 is 2.89 bits per heavy atom. The minimum absolute atomic E-state index is 0.293. The Morgan fingerprint density at radius 2 is 2.11 bits per heavy atom. The van der Waals surface area contributed by atoms with Crippen molar-refractivity contribution in [2.45, 2.75) is 19.3 Å². The largest absolute Gasteiger partial charge is 0.497 e. The van der Waals surface area contributed by atoms with E-state index in [1.807, 2.05) is 24.3 Å². The molecule has 2 aromatic rings. The van der Waals surface area contributed by atoms with E-state index in [1.54, 1.807) is 18.4 Å². The number of fused-ring (bicyclic) bond motifs is 1. The predicted molar refractivity (Wildman–Crippen MR) is 73.6 cm³/mol. The quantitative estimate of drug-likeness (QED) is 0.815. The Hall–Kier alpha value is -1.61. The zero-order valence-electron chi connectivity index (χ0n) is 10.2. The van der Waals surface area contributed by atoms with Gasteiger partial charge in [-0.3, -0.25) is 4.79 Å². The average Bonchev–Trinajstić information content (AvgIpc) is 2.84. The van der Waals surface area contributed by atoms with Gasteiger partial charge in [0, 0.05) is 21.7 Å². The molecule has 0 amide bonds. The van der Waals surface area contributed by atoms with E-state index in [1.165, 1.54) is 4.88 Å². The fraction of sp³-hybridized carbons (Fsp3) is 0.267. The van der Waals surface area contributed by atoms with Crippen LogP contribution in [0.3, 0.4) is 0 Å². The first-order valence-electron chi connectivity index (χ1n) is 6.08. The maximum atomic E-state index is 11.8. The molecule has 0 fully saturated rings. The summed E-state index contributed by atoms with van der Waals surface area (Å²) in [6.45, 7) is 0. The summed E-state index contributed by atoms with van der Waals surface area (Å²) in [5.41, 5.74) is 2.06. The van der Waals surface area contributed by atoms with Crippen LogP contribution < -0.4 is 4.74 Å². The maximum Gasteiger partial charge on any atom is 0.164 e. The number of Topliss-reactive ketones (excluding diaryl/α,β-unsaturated/α-hetero) is 1. The van der Waals surface area contributed by atoms with Gasteiger partial charge in [0.05, 0.1) is 7.11 Å². The number of ketones is 1. The number of methoxy groups -OCH3 is 1. The molecule has 0 bridgehead atoms. The predicted octanol–water partition coefficient (Wildman–Crippen LogP) is 3.94. The summed E-state index contributed by atoms with van der Waals surface area (Å²) in [6.07, 6.45) is 2.72. The molecule has 92 valence electrons. The molecule has 18 heavy (non-hydrogen) atoms. The highest BCUT2D eigenvalue weighted by atomic mass is 32.1. The molecule has 3 heteroatoms. The van der Waals surface area contributed by atoms with Crippen LogP contribution in [0.2, 0.25) is 0 Å². The number of carbonyl (C=O) groups is 1. The normalized spacial score (nSPS) is 14.4. The van der Waals surface area contributed by atoms with E-state index in [4.69, 9.17) is 4.74 Å². The molecule has 1 aliphatic rings. The summed E-state index contributed by atoms with van der Waals surface area (Å²) in [5, 5.41) is 0. The van der Waals surface area contributed by atoms with Crippen LogP contribution in [0.25, 0.3) is 10.4 Å². The van der Waals surface area contributed by atoms with E-state index >= 15 is 0 Å². The fourth-order valence-electron chi connectivity index (χ4n) is 2.31. The van der Waals surface area contributed by atoms with Crippen molar-refractivity contribution in [1.29, 1.82) is 0 Å². The van der Waals surface area contributed by atoms with Crippen LogP contribution in [0, 0.1) is 0 Å². The third-order valence-electron chi connectivity index (χ3n) is 3.27. The lowest BCUT2D eigenvalue weighted by Gasteiger charge is -2.07. The minimum atomic E-state index is 0.293. The Labute approximate surface area is 110 Å². The van der Waals surface area contributed by atoms with Crippen molar-refractivity contribution in [3.05, 3.63) is 40.8 Å². The van der Waals surface area contributed by atoms with Gasteiger partial charge in [0.1, 0.15) is 5.75 Å². The number of thiophene rings is 1. The molecule has 1 heterocycles. The third kappa shape index (κ3) is 1.95. The zero-order valence-corrected chi connectivity index (χ0v) is 11.0. The van der Waals surface area contributed by atoms with Gasteiger partial charge in [-0.05, 0) is 36.6 Å². The van der Waals surface area contributed by atoms with Gasteiger partial charge in [0.25, 0.3) is 0 Å². The molecule has 0 radical (unpaired) electrons. The Kier molecular flexibility index (Phi) is 2.92. The summed E-state index contributed by atoms with van der Waals surface area (Å²) in [4.78, 5) is 14.2. The van der Waals surface area contributed by atoms with E-state index in [-0.39, 0.29) is 0 Å². The van der Waals surface area contributed by atoms with Crippen LogP contribution in [0.4, 0.5) is 0 Å². The zero-order chi connectivity index (χ0) is 12.5. The van der Waals surface area contributed by atoms with Crippen LogP contribution >= 0.6 is 11.3 Å². The smallest absolute Gasteiger partial charge is 0.164 e. The molecular weight excluding hydrogens is 244 g/mol. The van der Waals surface area contributed by atoms with Crippen molar-refractivity contribution < 1.29 is 9.53 Å². The van der Waals surface area contributed by atoms with Crippen molar-refractivity contribution in [2.24, 2.45) is 0 Å². The second-order valence-corrected chi connectivity index (χ2v) is 5.59. The number of ether oxygens (including phenoxy) is 1. The molecule has 0 saturated heterocycles. The van der Waals surface area contributed by atoms with E-state index in [9.17, 15) is 4.79 Å². The summed E-state index contributed by atoms with van der Waals surface area (Å²) < 4.78 is 5.24. The number of hydrogen-bond acceptors (Lipinski definition) is 3. The fourth-order valence-corrected chi connectivity index (χ4v) is 3.53. The molecule has 0 N–H and O–H groups in total. The van der Waals surface area contributed by atoms with Crippen LogP contribution in [-0.2, 0) is 6.42 Å². The third-order valence-corrected chi connectivity index (χ3v) is 4.52. The number of benzene rings is 1. The molecule has 1 aromatic heterocycles. The van der Waals surface area contributed by atoms with Crippen LogP contribution in [0.1, 0.15) is 28.1 Å². The first-order chi connectivity index (χ1) is 8.78. The molecule has 2 nitrogen and oxygen atoms in total. The molecule has 3 rings (SSSR count). The highest BCUT2D eigenvalue weighted by Gasteiger charge is 2.20. The Morgan fingerprint density at radius 1 is 1.22 bits per heavy atom. The van der Waals surface area contributed by atoms with E-state index in [0.29, 0.717) is 12.2 Å². The second kappa shape index (κ2) is 4.58. The molecule has 0 spiro atoms. The molecular formula is C15H14O2S. The highest BCUT2D eigenvalue weighted by molar-refractivity contribution is 7.15. The summed E-state index contributed by atoms with van der Waals surface area (Å²) in [6, 6.07) is 10.0. The van der Waals surface area contributed by atoms with Gasteiger partial charge in [-0.15, -0.1) is 11.3 Å². The van der Waals surface area contributed by atoms with E-state index in [2.05, 4.69) is 6.07 Å². The summed E-state index contributed by atoms with van der Waals surface area (Å²) >= 11 is 1.73. The van der Waals surface area contributed by atoms with Gasteiger partial charge >= 0.3 is 0 Å². The Balaban J connectivity index is 2.04. The standard InChI is InChI=1S/C15H14O2S/c1-17-11-5-2-4-10(8-11)15-9-12-13(16)6-3-7-14(12)18-15/h2,4-5,8-9H,3,6-7H2,1H3. The van der Waals surface area contributed by atoms with Gasteiger partial charge in [-0.25, -0.2) is 0 Å². The average molecular weight is 258 g/mol. The molecule has 0 unspecified atom stereocenters. The lowest BCUT2D eigenvalue weighted by atomic mass is 9.97. The van der Waals surface area contributed by atoms with Crippen molar-refractivity contribution in [2.75, 3.05) is 7.11 Å². The second-order valence-electron chi connectivity index (χ2n) is 4.46. The molecule has 0 aliphatic heterocycles. The molecule has 0 atom stereocenters. The molecule has 0 saturated carbocycles. The van der Waals surface area contributed by atoms with Gasteiger partial charge < -0.3 is 4.74 Å². The SMILES string of the molecule is COc1cccc(-c2cc3c(s2)CCCC3=O)c1. The number of hydrogen-bond donors (Lipinski definition) is 0. The van der Waals surface area contributed by atoms with Crippen LogP contribution in [0.15, 0.2) is 30.3 Å². The van der Waals surface area contributed by atoms with E-state index < -0.39 is 0 Å². The first-order valence-corrected chi connectivity index (χ1v) is 6.90. The van der Waals surface area contributed by atoms with Crippen LogP contribution in [0.5, 0.6) is 5.75 Å².